The highest BCUT2D eigenvalue weighted by Crippen LogP contribution is 2.46. The maximum Gasteiger partial charge on any atom is 0.0921 e. The molecule has 64 valence electrons. The highest BCUT2D eigenvalue weighted by molar-refractivity contribution is 7.14. The maximum absolute atomic E-state index is 3.63. The van der Waals surface area contributed by atoms with Crippen LogP contribution < -0.4 is 5.32 Å². The zero-order valence-corrected chi connectivity index (χ0v) is 7.86. The van der Waals surface area contributed by atoms with Crippen molar-refractivity contribution in [3.8, 4) is 0 Å². The van der Waals surface area contributed by atoms with Crippen molar-refractivity contribution in [2.24, 2.45) is 0 Å². The first-order chi connectivity index (χ1) is 5.95. The minimum atomic E-state index is 0.779. The lowest BCUT2D eigenvalue weighted by atomic mass is 9.83. The summed E-state index contributed by atoms with van der Waals surface area (Å²) in [5, 5.41) is 7.30. The normalized spacial score (nSPS) is 32.3. The second kappa shape index (κ2) is 2.49. The minimum Gasteiger partial charge on any atom is -0.373 e. The van der Waals surface area contributed by atoms with Crippen molar-refractivity contribution in [1.82, 2.24) is 0 Å². The number of thiophene rings is 1. The number of hydrogen-bond acceptors (Lipinski definition) is 2. The first-order valence-electron chi connectivity index (χ1n) is 4.79. The molecule has 2 unspecified atom stereocenters. The molecule has 0 saturated heterocycles. The fourth-order valence-corrected chi connectivity index (χ4v) is 3.50. The van der Waals surface area contributed by atoms with E-state index in [1.165, 1.54) is 30.7 Å². The van der Waals surface area contributed by atoms with Gasteiger partial charge in [-0.1, -0.05) is 12.8 Å². The highest BCUT2D eigenvalue weighted by Gasteiger charge is 2.34. The van der Waals surface area contributed by atoms with Gasteiger partial charge in [-0.25, -0.2) is 0 Å². The van der Waals surface area contributed by atoms with E-state index in [4.69, 9.17) is 0 Å². The fraction of sp³-hybridized carbons (Fsp3) is 0.600. The topological polar surface area (TPSA) is 12.0 Å². The zero-order chi connectivity index (χ0) is 7.97. The predicted molar refractivity (Wildman–Crippen MR) is 52.9 cm³/mol. The molecule has 0 bridgehead atoms. The molecular formula is C10H13NS. The second-order valence-corrected chi connectivity index (χ2v) is 4.76. The Hall–Kier alpha value is -0.500. The third-order valence-corrected chi connectivity index (χ3v) is 4.04. The number of nitrogens with one attached hydrogen (secondary N) is 1. The van der Waals surface area contributed by atoms with E-state index < -0.39 is 0 Å². The van der Waals surface area contributed by atoms with Gasteiger partial charge in [-0.15, -0.1) is 11.3 Å². The van der Waals surface area contributed by atoms with Crippen molar-refractivity contribution in [3.05, 3.63) is 17.0 Å². The van der Waals surface area contributed by atoms with Crippen molar-refractivity contribution < 1.29 is 0 Å². The van der Waals surface area contributed by atoms with Gasteiger partial charge in [0.15, 0.2) is 0 Å². The van der Waals surface area contributed by atoms with Crippen molar-refractivity contribution in [2.45, 2.75) is 37.6 Å². The average molecular weight is 179 g/mol. The zero-order valence-electron chi connectivity index (χ0n) is 7.05. The Bertz CT molecular complexity index is 292. The van der Waals surface area contributed by atoms with Gasteiger partial charge in [0.2, 0.25) is 0 Å². The van der Waals surface area contributed by atoms with Gasteiger partial charge >= 0.3 is 0 Å². The van der Waals surface area contributed by atoms with Crippen molar-refractivity contribution in [1.29, 1.82) is 0 Å². The molecular weight excluding hydrogens is 166 g/mol. The van der Waals surface area contributed by atoms with E-state index in [1.807, 2.05) is 11.3 Å². The summed E-state index contributed by atoms with van der Waals surface area (Å²) < 4.78 is 0. The Balaban J connectivity index is 1.98. The van der Waals surface area contributed by atoms with Crippen LogP contribution >= 0.6 is 11.3 Å². The molecule has 1 aromatic heterocycles. The molecule has 12 heavy (non-hydrogen) atoms. The predicted octanol–water partition coefficient (Wildman–Crippen LogP) is 3.20. The van der Waals surface area contributed by atoms with Crippen LogP contribution in [0.1, 0.15) is 37.2 Å². The summed E-state index contributed by atoms with van der Waals surface area (Å²) in [6.07, 6.45) is 5.63. The summed E-state index contributed by atoms with van der Waals surface area (Å²) in [4.78, 5) is 0. The first kappa shape index (κ1) is 6.96. The molecule has 1 aliphatic carbocycles. The van der Waals surface area contributed by atoms with Crippen LogP contribution in [-0.2, 0) is 0 Å². The molecule has 2 heteroatoms. The van der Waals surface area contributed by atoms with Crippen LogP contribution in [0.2, 0.25) is 0 Å². The second-order valence-electron chi connectivity index (χ2n) is 3.85. The van der Waals surface area contributed by atoms with Crippen LogP contribution in [0, 0.1) is 0 Å². The van der Waals surface area contributed by atoms with E-state index in [0.29, 0.717) is 0 Å². The highest BCUT2D eigenvalue weighted by atomic mass is 32.1. The molecule has 1 N–H and O–H groups in total. The lowest BCUT2D eigenvalue weighted by Gasteiger charge is -2.25. The van der Waals surface area contributed by atoms with Crippen LogP contribution in [0.4, 0.5) is 5.00 Å². The Labute approximate surface area is 76.8 Å². The summed E-state index contributed by atoms with van der Waals surface area (Å²) in [5.74, 6) is 0.847. The summed E-state index contributed by atoms with van der Waals surface area (Å²) in [6.45, 7) is 0. The number of anilines is 1. The Morgan fingerprint density at radius 2 is 2.25 bits per heavy atom. The molecule has 1 fully saturated rings. The number of rotatable bonds is 0. The molecule has 0 amide bonds. The fourth-order valence-electron chi connectivity index (χ4n) is 2.57. The van der Waals surface area contributed by atoms with E-state index in [0.717, 1.165) is 12.0 Å². The van der Waals surface area contributed by atoms with Gasteiger partial charge in [0.25, 0.3) is 0 Å². The van der Waals surface area contributed by atoms with Crippen molar-refractivity contribution in [2.75, 3.05) is 5.32 Å². The quantitative estimate of drug-likeness (QED) is 0.645. The SMILES string of the molecule is c1cc2c(s1)NC1CCCCC21. The summed E-state index contributed by atoms with van der Waals surface area (Å²) in [6, 6.07) is 3.09. The third kappa shape index (κ3) is 0.845. The Morgan fingerprint density at radius 3 is 3.25 bits per heavy atom. The Kier molecular flexibility index (Phi) is 1.44. The van der Waals surface area contributed by atoms with E-state index in [9.17, 15) is 0 Å². The van der Waals surface area contributed by atoms with Crippen LogP contribution in [0.15, 0.2) is 11.4 Å². The number of fused-ring (bicyclic) bond motifs is 3. The van der Waals surface area contributed by atoms with Gasteiger partial charge in [0.05, 0.1) is 5.00 Å². The molecule has 0 aromatic carbocycles. The van der Waals surface area contributed by atoms with Crippen molar-refractivity contribution in [3.63, 3.8) is 0 Å². The van der Waals surface area contributed by atoms with E-state index >= 15 is 0 Å². The summed E-state index contributed by atoms with van der Waals surface area (Å²) in [7, 11) is 0. The molecule has 3 rings (SSSR count). The first-order valence-corrected chi connectivity index (χ1v) is 5.67. The lowest BCUT2D eigenvalue weighted by Crippen LogP contribution is -2.23. The summed E-state index contributed by atoms with van der Waals surface area (Å²) in [5.41, 5.74) is 1.60. The van der Waals surface area contributed by atoms with Crippen LogP contribution in [0.25, 0.3) is 0 Å². The van der Waals surface area contributed by atoms with Gasteiger partial charge in [-0.3, -0.25) is 0 Å². The van der Waals surface area contributed by atoms with Crippen LogP contribution in [-0.4, -0.2) is 6.04 Å². The molecule has 2 atom stereocenters. The van der Waals surface area contributed by atoms with Crippen molar-refractivity contribution >= 4 is 16.3 Å². The molecule has 2 heterocycles. The van der Waals surface area contributed by atoms with Crippen LogP contribution in [0.3, 0.4) is 0 Å². The monoisotopic (exact) mass is 179 g/mol. The summed E-state index contributed by atoms with van der Waals surface area (Å²) >= 11 is 1.87. The van der Waals surface area contributed by atoms with Gasteiger partial charge < -0.3 is 5.32 Å². The molecule has 0 radical (unpaired) electrons. The van der Waals surface area contributed by atoms with Gasteiger partial charge in [-0.2, -0.15) is 0 Å². The molecule has 1 aromatic rings. The molecule has 0 spiro atoms. The van der Waals surface area contributed by atoms with E-state index in [2.05, 4.69) is 16.8 Å². The van der Waals surface area contributed by atoms with Gasteiger partial charge in [0.1, 0.15) is 0 Å². The van der Waals surface area contributed by atoms with E-state index in [1.54, 1.807) is 5.56 Å². The number of hydrogen-bond donors (Lipinski definition) is 1. The third-order valence-electron chi connectivity index (χ3n) is 3.18. The molecule has 1 aliphatic heterocycles. The maximum atomic E-state index is 3.63. The average Bonchev–Trinajstić information content (AvgIpc) is 2.62. The standard InChI is InChI=1S/C10H13NS/c1-2-4-9-7(3-1)8-5-6-12-10(8)11-9/h5-7,9,11H,1-4H2. The van der Waals surface area contributed by atoms with Gasteiger partial charge in [-0.05, 0) is 29.9 Å². The molecule has 2 aliphatic rings. The minimum absolute atomic E-state index is 0.779. The largest absolute Gasteiger partial charge is 0.373 e. The smallest absolute Gasteiger partial charge is 0.0921 e. The molecule has 1 nitrogen and oxygen atoms in total. The lowest BCUT2D eigenvalue weighted by molar-refractivity contribution is 0.422. The Morgan fingerprint density at radius 1 is 1.33 bits per heavy atom. The molecule has 1 saturated carbocycles. The van der Waals surface area contributed by atoms with E-state index in [-0.39, 0.29) is 0 Å². The van der Waals surface area contributed by atoms with Gasteiger partial charge in [0, 0.05) is 12.0 Å². The van der Waals surface area contributed by atoms with Crippen LogP contribution in [0.5, 0.6) is 0 Å².